The van der Waals surface area contributed by atoms with E-state index in [0.717, 1.165) is 28.9 Å². The summed E-state index contributed by atoms with van der Waals surface area (Å²) in [7, 11) is 0. The molecule has 2 N–H and O–H groups in total. The summed E-state index contributed by atoms with van der Waals surface area (Å²) in [4.78, 5) is 11.1. The first-order valence-electron chi connectivity index (χ1n) is 8.26. The number of hydrogen-bond acceptors (Lipinski definition) is 2. The molecule has 1 atom stereocenters. The third kappa shape index (κ3) is 3.09. The second-order valence-corrected chi connectivity index (χ2v) is 6.92. The number of carbonyl (C=O) groups is 1. The Labute approximate surface area is 142 Å². The molecular weight excluding hydrogens is 302 g/mol. The van der Waals surface area contributed by atoms with Gasteiger partial charge in [0.15, 0.2) is 0 Å². The largest absolute Gasteiger partial charge is 0.494 e. The van der Waals surface area contributed by atoms with Gasteiger partial charge in [-0.15, -0.1) is 0 Å². The van der Waals surface area contributed by atoms with Gasteiger partial charge in [-0.25, -0.2) is 4.79 Å². The zero-order valence-electron chi connectivity index (χ0n) is 14.3. The van der Waals surface area contributed by atoms with Crippen molar-refractivity contribution in [1.29, 1.82) is 0 Å². The summed E-state index contributed by atoms with van der Waals surface area (Å²) >= 11 is 0. The molecule has 0 bridgehead atoms. The molecule has 2 aromatic rings. The minimum Gasteiger partial charge on any atom is -0.494 e. The van der Waals surface area contributed by atoms with E-state index in [1.54, 1.807) is 0 Å². The molecule has 3 rings (SSSR count). The number of rotatable bonds is 4. The van der Waals surface area contributed by atoms with Gasteiger partial charge in [0.25, 0.3) is 0 Å². The number of hydrogen-bond donors (Lipinski definition) is 2. The molecule has 0 fully saturated rings. The normalized spacial score (nSPS) is 18.0. The summed E-state index contributed by atoms with van der Waals surface area (Å²) in [5.41, 5.74) is 4.44. The van der Waals surface area contributed by atoms with Gasteiger partial charge < -0.3 is 15.2 Å². The lowest BCUT2D eigenvalue weighted by Crippen LogP contribution is -2.34. The van der Waals surface area contributed by atoms with Crippen molar-refractivity contribution < 1.29 is 14.6 Å². The second kappa shape index (κ2) is 6.19. The van der Waals surface area contributed by atoms with E-state index in [-0.39, 0.29) is 11.5 Å². The van der Waals surface area contributed by atoms with E-state index >= 15 is 0 Å². The number of benzene rings is 2. The minimum absolute atomic E-state index is 0.127. The molecule has 1 amide bonds. The maximum absolute atomic E-state index is 11.1. The second-order valence-electron chi connectivity index (χ2n) is 6.92. The predicted molar refractivity (Wildman–Crippen MR) is 94.4 cm³/mol. The molecule has 0 saturated carbocycles. The Kier molecular flexibility index (Phi) is 4.22. The number of amides is 1. The van der Waals surface area contributed by atoms with E-state index < -0.39 is 6.09 Å². The summed E-state index contributed by atoms with van der Waals surface area (Å²) in [6, 6.07) is 14.2. The number of fused-ring (bicyclic) bond motifs is 1. The summed E-state index contributed by atoms with van der Waals surface area (Å²) in [5, 5.41) is 11.8. The average Bonchev–Trinajstić information content (AvgIpc) is 2.77. The highest BCUT2D eigenvalue weighted by molar-refractivity contribution is 5.68. The molecular formula is C20H23NO3. The van der Waals surface area contributed by atoms with Crippen LogP contribution in [0.25, 0.3) is 11.1 Å². The van der Waals surface area contributed by atoms with Gasteiger partial charge in [0.2, 0.25) is 0 Å². The van der Waals surface area contributed by atoms with Crippen molar-refractivity contribution >= 4 is 6.09 Å². The van der Waals surface area contributed by atoms with Crippen LogP contribution in [0.15, 0.2) is 42.5 Å². The molecule has 0 aromatic heterocycles. The Bertz CT molecular complexity index is 750. The summed E-state index contributed by atoms with van der Waals surface area (Å²) in [6.07, 6.45) is -0.116. The van der Waals surface area contributed by atoms with Gasteiger partial charge in [-0.1, -0.05) is 44.2 Å². The smallest absolute Gasteiger partial charge is 0.405 e. The molecule has 0 radical (unpaired) electrons. The molecule has 0 aliphatic heterocycles. The van der Waals surface area contributed by atoms with Gasteiger partial charge in [-0.05, 0) is 53.1 Å². The van der Waals surface area contributed by atoms with E-state index in [0.29, 0.717) is 6.61 Å². The van der Waals surface area contributed by atoms with E-state index in [9.17, 15) is 4.79 Å². The van der Waals surface area contributed by atoms with Crippen molar-refractivity contribution in [3.8, 4) is 16.9 Å². The monoisotopic (exact) mass is 325 g/mol. The van der Waals surface area contributed by atoms with Crippen LogP contribution in [0.1, 0.15) is 37.9 Å². The lowest BCUT2D eigenvalue weighted by Gasteiger charge is -2.27. The van der Waals surface area contributed by atoms with E-state index in [4.69, 9.17) is 9.84 Å². The van der Waals surface area contributed by atoms with Crippen molar-refractivity contribution in [1.82, 2.24) is 5.32 Å². The lowest BCUT2D eigenvalue weighted by atomic mass is 9.85. The molecule has 24 heavy (non-hydrogen) atoms. The van der Waals surface area contributed by atoms with Crippen molar-refractivity contribution in [3.63, 3.8) is 0 Å². The number of nitrogens with one attached hydrogen (secondary N) is 1. The van der Waals surface area contributed by atoms with E-state index in [1.165, 1.54) is 5.56 Å². The fraction of sp³-hybridized carbons (Fsp3) is 0.350. The Morgan fingerprint density at radius 3 is 2.50 bits per heavy atom. The van der Waals surface area contributed by atoms with Gasteiger partial charge >= 0.3 is 6.09 Å². The van der Waals surface area contributed by atoms with Gasteiger partial charge in [0.1, 0.15) is 5.75 Å². The average molecular weight is 325 g/mol. The highest BCUT2D eigenvalue weighted by atomic mass is 16.5. The van der Waals surface area contributed by atoms with Crippen LogP contribution in [0.3, 0.4) is 0 Å². The third-order valence-electron chi connectivity index (χ3n) is 4.65. The quantitative estimate of drug-likeness (QED) is 0.860. The Balaban J connectivity index is 1.91. The van der Waals surface area contributed by atoms with E-state index in [1.807, 2.05) is 19.1 Å². The molecule has 126 valence electrons. The van der Waals surface area contributed by atoms with Crippen molar-refractivity contribution in [2.45, 2.75) is 33.2 Å². The van der Waals surface area contributed by atoms with Gasteiger partial charge in [-0.3, -0.25) is 0 Å². The molecule has 0 spiro atoms. The van der Waals surface area contributed by atoms with Crippen molar-refractivity contribution in [2.24, 2.45) is 5.41 Å². The highest BCUT2D eigenvalue weighted by Crippen LogP contribution is 2.46. The first-order valence-corrected chi connectivity index (χ1v) is 8.26. The minimum atomic E-state index is -0.975. The standard InChI is InChI=1S/C20H23NO3/c1-4-24-16-8-5-13(6-9-16)14-7-10-17-15(11-14)12-20(2,3)18(17)21-19(22)23/h5-11,18,21H,4,12H2,1-3H3,(H,22,23)/t18-/m0/s1. The van der Waals surface area contributed by atoms with E-state index in [2.05, 4.69) is 49.5 Å². The first-order chi connectivity index (χ1) is 11.4. The molecule has 1 aliphatic carbocycles. The zero-order valence-corrected chi connectivity index (χ0v) is 14.3. The highest BCUT2D eigenvalue weighted by Gasteiger charge is 2.39. The van der Waals surface area contributed by atoms with Crippen LogP contribution < -0.4 is 10.1 Å². The van der Waals surface area contributed by atoms with Crippen LogP contribution in [0.4, 0.5) is 4.79 Å². The van der Waals surface area contributed by atoms with Crippen LogP contribution in [0, 0.1) is 5.41 Å². The lowest BCUT2D eigenvalue weighted by molar-refractivity contribution is 0.175. The van der Waals surface area contributed by atoms with Gasteiger partial charge in [-0.2, -0.15) is 0 Å². The van der Waals surface area contributed by atoms with Crippen LogP contribution in [-0.4, -0.2) is 17.8 Å². The Morgan fingerprint density at radius 1 is 1.21 bits per heavy atom. The fourth-order valence-electron chi connectivity index (χ4n) is 3.54. The first kappa shape index (κ1) is 16.4. The maximum atomic E-state index is 11.1. The van der Waals surface area contributed by atoms with Crippen LogP contribution in [-0.2, 0) is 6.42 Å². The third-order valence-corrected chi connectivity index (χ3v) is 4.65. The van der Waals surface area contributed by atoms with Crippen LogP contribution >= 0.6 is 0 Å². The van der Waals surface area contributed by atoms with Crippen LogP contribution in [0.5, 0.6) is 5.75 Å². The molecule has 0 saturated heterocycles. The topological polar surface area (TPSA) is 58.6 Å². The van der Waals surface area contributed by atoms with Crippen LogP contribution in [0.2, 0.25) is 0 Å². The molecule has 4 nitrogen and oxygen atoms in total. The Morgan fingerprint density at radius 2 is 1.88 bits per heavy atom. The molecule has 2 aromatic carbocycles. The summed E-state index contributed by atoms with van der Waals surface area (Å²) in [5.74, 6) is 0.870. The number of carboxylic acid groups (broad SMARTS) is 1. The van der Waals surface area contributed by atoms with Gasteiger partial charge in [0.05, 0.1) is 12.6 Å². The fourth-order valence-corrected chi connectivity index (χ4v) is 3.54. The molecule has 0 unspecified atom stereocenters. The predicted octanol–water partition coefficient (Wildman–Crippen LogP) is 4.64. The maximum Gasteiger partial charge on any atom is 0.405 e. The molecule has 4 heteroatoms. The number of ether oxygens (including phenoxy) is 1. The summed E-state index contributed by atoms with van der Waals surface area (Å²) < 4.78 is 5.49. The van der Waals surface area contributed by atoms with Crippen molar-refractivity contribution in [2.75, 3.05) is 6.61 Å². The Hall–Kier alpha value is -2.49. The molecule has 1 aliphatic rings. The molecule has 0 heterocycles. The summed E-state index contributed by atoms with van der Waals surface area (Å²) in [6.45, 7) is 6.83. The SMILES string of the molecule is CCOc1ccc(-c2ccc3c(c2)CC(C)(C)[C@H]3NC(=O)O)cc1. The zero-order chi connectivity index (χ0) is 17.3. The van der Waals surface area contributed by atoms with Crippen molar-refractivity contribution in [3.05, 3.63) is 53.6 Å². The van der Waals surface area contributed by atoms with Gasteiger partial charge in [0, 0.05) is 0 Å².